The number of anilines is 2. The van der Waals surface area contributed by atoms with Gasteiger partial charge in [0.15, 0.2) is 11.6 Å². The number of pyridine rings is 1. The van der Waals surface area contributed by atoms with E-state index < -0.39 is 5.92 Å². The summed E-state index contributed by atoms with van der Waals surface area (Å²) in [6, 6.07) is 10.8. The molecular weight excluding hydrogens is 306 g/mol. The maximum atomic E-state index is 12.4. The van der Waals surface area contributed by atoms with Crippen LogP contribution in [0.3, 0.4) is 0 Å². The molecule has 0 bridgehead atoms. The number of aromatic nitrogens is 1. The second kappa shape index (κ2) is 6.70. The average molecular weight is 325 g/mol. The number of carbonyl (C=O) groups excluding carboxylic acids is 2. The van der Waals surface area contributed by atoms with E-state index in [4.69, 9.17) is 0 Å². The molecule has 6 nitrogen and oxygen atoms in total. The zero-order chi connectivity index (χ0) is 17.1. The fourth-order valence-corrected chi connectivity index (χ4v) is 2.90. The second-order valence-corrected chi connectivity index (χ2v) is 5.75. The molecule has 3 rings (SSSR count). The predicted octanol–water partition coefficient (Wildman–Crippen LogP) is 2.34. The predicted molar refractivity (Wildman–Crippen MR) is 90.8 cm³/mol. The summed E-state index contributed by atoms with van der Waals surface area (Å²) in [6.07, 6.45) is 2.45. The van der Waals surface area contributed by atoms with E-state index in [9.17, 15) is 14.7 Å². The van der Waals surface area contributed by atoms with Crippen LogP contribution in [-0.4, -0.2) is 28.4 Å². The number of aryl methyl sites for hydroxylation is 1. The standard InChI is InChI=1S/C18H19N3O3/c1-2-12-6-3-4-7-14(12)21-11-13(10-16(21)23)18(24)20-17-15(22)8-5-9-19-17/h3-9,13,22H,2,10-11H2,1H3,(H,19,20,24). The quantitative estimate of drug-likeness (QED) is 0.904. The van der Waals surface area contributed by atoms with Crippen molar-refractivity contribution in [3.8, 4) is 5.75 Å². The van der Waals surface area contributed by atoms with Gasteiger partial charge in [-0.1, -0.05) is 25.1 Å². The van der Waals surface area contributed by atoms with Crippen molar-refractivity contribution in [2.45, 2.75) is 19.8 Å². The molecule has 2 heterocycles. The first-order chi connectivity index (χ1) is 11.6. The van der Waals surface area contributed by atoms with E-state index in [2.05, 4.69) is 10.3 Å². The number of para-hydroxylation sites is 1. The molecule has 0 saturated carbocycles. The highest BCUT2D eigenvalue weighted by atomic mass is 16.3. The lowest BCUT2D eigenvalue weighted by Crippen LogP contribution is -2.29. The number of benzene rings is 1. The third-order valence-electron chi connectivity index (χ3n) is 4.19. The van der Waals surface area contributed by atoms with Crippen LogP contribution in [0.1, 0.15) is 18.9 Å². The lowest BCUT2D eigenvalue weighted by molar-refractivity contribution is -0.122. The molecule has 1 aromatic carbocycles. The van der Waals surface area contributed by atoms with Gasteiger partial charge in [0.2, 0.25) is 11.8 Å². The molecule has 24 heavy (non-hydrogen) atoms. The molecule has 6 heteroatoms. The Hall–Kier alpha value is -2.89. The SMILES string of the molecule is CCc1ccccc1N1CC(C(=O)Nc2ncccc2O)CC1=O. The maximum absolute atomic E-state index is 12.4. The van der Waals surface area contributed by atoms with Crippen molar-refractivity contribution in [1.29, 1.82) is 0 Å². The number of aromatic hydroxyl groups is 1. The Kier molecular flexibility index (Phi) is 4.46. The van der Waals surface area contributed by atoms with Crippen LogP contribution in [0.15, 0.2) is 42.6 Å². The Labute approximate surface area is 140 Å². The monoisotopic (exact) mass is 325 g/mol. The smallest absolute Gasteiger partial charge is 0.231 e. The molecule has 0 aliphatic carbocycles. The molecule has 124 valence electrons. The van der Waals surface area contributed by atoms with E-state index >= 15 is 0 Å². The molecular formula is C18H19N3O3. The van der Waals surface area contributed by atoms with E-state index in [0.29, 0.717) is 6.54 Å². The molecule has 1 unspecified atom stereocenters. The summed E-state index contributed by atoms with van der Waals surface area (Å²) in [7, 11) is 0. The number of amides is 2. The van der Waals surface area contributed by atoms with Crippen molar-refractivity contribution in [2.24, 2.45) is 5.92 Å². The molecule has 1 aliphatic heterocycles. The van der Waals surface area contributed by atoms with Crippen LogP contribution >= 0.6 is 0 Å². The van der Waals surface area contributed by atoms with Crippen molar-refractivity contribution in [1.82, 2.24) is 4.98 Å². The first-order valence-electron chi connectivity index (χ1n) is 7.93. The van der Waals surface area contributed by atoms with E-state index in [1.54, 1.807) is 11.0 Å². The number of rotatable bonds is 4. The molecule has 2 amide bonds. The Balaban J connectivity index is 1.75. The normalized spacial score (nSPS) is 17.1. The number of nitrogens with one attached hydrogen (secondary N) is 1. The highest BCUT2D eigenvalue weighted by Crippen LogP contribution is 2.29. The van der Waals surface area contributed by atoms with Gasteiger partial charge < -0.3 is 15.3 Å². The van der Waals surface area contributed by atoms with Crippen molar-refractivity contribution in [3.05, 3.63) is 48.2 Å². The zero-order valence-electron chi connectivity index (χ0n) is 13.4. The number of carbonyl (C=O) groups is 2. The van der Waals surface area contributed by atoms with Crippen molar-refractivity contribution in [2.75, 3.05) is 16.8 Å². The molecule has 1 atom stereocenters. The van der Waals surface area contributed by atoms with Crippen LogP contribution in [0.25, 0.3) is 0 Å². The highest BCUT2D eigenvalue weighted by molar-refractivity contribution is 6.03. The van der Waals surface area contributed by atoms with E-state index in [-0.39, 0.29) is 29.8 Å². The van der Waals surface area contributed by atoms with Gasteiger partial charge in [-0.05, 0) is 30.2 Å². The molecule has 2 aromatic rings. The van der Waals surface area contributed by atoms with Crippen LogP contribution in [0.4, 0.5) is 11.5 Å². The average Bonchev–Trinajstić information content (AvgIpc) is 2.98. The lowest BCUT2D eigenvalue weighted by Gasteiger charge is -2.19. The van der Waals surface area contributed by atoms with Crippen LogP contribution in [0.5, 0.6) is 5.75 Å². The Bertz CT molecular complexity index is 776. The minimum atomic E-state index is -0.469. The van der Waals surface area contributed by atoms with E-state index in [1.807, 2.05) is 31.2 Å². The molecule has 1 saturated heterocycles. The first-order valence-corrected chi connectivity index (χ1v) is 7.93. The summed E-state index contributed by atoms with van der Waals surface area (Å²) in [4.78, 5) is 30.4. The van der Waals surface area contributed by atoms with Crippen LogP contribution in [-0.2, 0) is 16.0 Å². The number of hydrogen-bond donors (Lipinski definition) is 2. The lowest BCUT2D eigenvalue weighted by atomic mass is 10.1. The molecule has 1 aromatic heterocycles. The van der Waals surface area contributed by atoms with Crippen molar-refractivity contribution >= 4 is 23.3 Å². The first kappa shape index (κ1) is 16.0. The van der Waals surface area contributed by atoms with Crippen LogP contribution in [0.2, 0.25) is 0 Å². The summed E-state index contributed by atoms with van der Waals surface area (Å²) in [5, 5.41) is 12.3. The second-order valence-electron chi connectivity index (χ2n) is 5.75. The number of hydrogen-bond acceptors (Lipinski definition) is 4. The molecule has 2 N–H and O–H groups in total. The fraction of sp³-hybridized carbons (Fsp3) is 0.278. The molecule has 1 aliphatic rings. The van der Waals surface area contributed by atoms with Gasteiger partial charge in [-0.2, -0.15) is 0 Å². The Morgan fingerprint density at radius 3 is 2.88 bits per heavy atom. The van der Waals surface area contributed by atoms with Crippen LogP contribution < -0.4 is 10.2 Å². The van der Waals surface area contributed by atoms with Gasteiger partial charge in [0, 0.05) is 24.8 Å². The minimum Gasteiger partial charge on any atom is -0.504 e. The molecule has 0 spiro atoms. The van der Waals surface area contributed by atoms with E-state index in [1.165, 1.54) is 12.3 Å². The van der Waals surface area contributed by atoms with Gasteiger partial charge in [-0.15, -0.1) is 0 Å². The largest absolute Gasteiger partial charge is 0.504 e. The van der Waals surface area contributed by atoms with Gasteiger partial charge in [-0.25, -0.2) is 4.98 Å². The Morgan fingerprint density at radius 1 is 1.33 bits per heavy atom. The highest BCUT2D eigenvalue weighted by Gasteiger charge is 2.36. The van der Waals surface area contributed by atoms with Gasteiger partial charge >= 0.3 is 0 Å². The molecule has 1 fully saturated rings. The third kappa shape index (κ3) is 3.08. The topological polar surface area (TPSA) is 82.5 Å². The summed E-state index contributed by atoms with van der Waals surface area (Å²) >= 11 is 0. The van der Waals surface area contributed by atoms with Crippen molar-refractivity contribution < 1.29 is 14.7 Å². The molecule has 0 radical (unpaired) electrons. The minimum absolute atomic E-state index is 0.0682. The van der Waals surface area contributed by atoms with Gasteiger partial charge in [0.05, 0.1) is 5.92 Å². The summed E-state index contributed by atoms with van der Waals surface area (Å²) in [5.41, 5.74) is 1.94. The van der Waals surface area contributed by atoms with Crippen LogP contribution in [0, 0.1) is 5.92 Å². The summed E-state index contributed by atoms with van der Waals surface area (Å²) in [5.74, 6) is -0.829. The summed E-state index contributed by atoms with van der Waals surface area (Å²) in [6.45, 7) is 2.36. The Morgan fingerprint density at radius 2 is 2.12 bits per heavy atom. The summed E-state index contributed by atoms with van der Waals surface area (Å²) < 4.78 is 0. The maximum Gasteiger partial charge on any atom is 0.231 e. The number of nitrogens with zero attached hydrogens (tertiary/aromatic N) is 2. The van der Waals surface area contributed by atoms with Gasteiger partial charge in [-0.3, -0.25) is 9.59 Å². The van der Waals surface area contributed by atoms with Gasteiger partial charge in [0.1, 0.15) is 0 Å². The van der Waals surface area contributed by atoms with Gasteiger partial charge in [0.25, 0.3) is 0 Å². The van der Waals surface area contributed by atoms with E-state index in [0.717, 1.165) is 17.7 Å². The zero-order valence-corrected chi connectivity index (χ0v) is 13.4. The third-order valence-corrected chi connectivity index (χ3v) is 4.19. The fourth-order valence-electron chi connectivity index (χ4n) is 2.90. The van der Waals surface area contributed by atoms with Crippen molar-refractivity contribution in [3.63, 3.8) is 0 Å².